The Morgan fingerprint density at radius 2 is 1.86 bits per heavy atom. The van der Waals surface area contributed by atoms with E-state index >= 15 is 0 Å². The fraction of sp³-hybridized carbons (Fsp3) is 0.333. The highest BCUT2D eigenvalue weighted by molar-refractivity contribution is 6.00. The quantitative estimate of drug-likeness (QED) is 0.722. The van der Waals surface area contributed by atoms with E-state index in [-0.39, 0.29) is 35.6 Å². The number of hydrogen-bond acceptors (Lipinski definition) is 4. The number of hydrogen-bond donors (Lipinski definition) is 0. The molecule has 1 aliphatic rings. The molecule has 1 fully saturated rings. The molecule has 1 aromatic heterocycles. The van der Waals surface area contributed by atoms with Crippen LogP contribution in [0, 0.1) is 11.3 Å². The number of carbonyl (C=O) groups excluding carboxylic acids is 1. The van der Waals surface area contributed by atoms with E-state index in [0.29, 0.717) is 6.07 Å². The molecule has 146 valence electrons. The van der Waals surface area contributed by atoms with Crippen LogP contribution in [0.4, 0.5) is 22.0 Å². The third-order valence-electron chi connectivity index (χ3n) is 4.35. The molecule has 3 rings (SSSR count). The van der Waals surface area contributed by atoms with E-state index < -0.39 is 36.5 Å². The molecule has 0 radical (unpaired) electrons. The monoisotopic (exact) mass is 396 g/mol. The molecule has 0 aliphatic carbocycles. The fourth-order valence-corrected chi connectivity index (χ4v) is 2.84. The lowest BCUT2D eigenvalue weighted by molar-refractivity contribution is -0.141. The normalized spacial score (nSPS) is 16.5. The van der Waals surface area contributed by atoms with Crippen molar-refractivity contribution in [2.45, 2.75) is 24.9 Å². The zero-order valence-electron chi connectivity index (χ0n) is 14.3. The van der Waals surface area contributed by atoms with Gasteiger partial charge in [-0.15, -0.1) is 0 Å². The van der Waals surface area contributed by atoms with Crippen LogP contribution < -0.4 is 0 Å². The van der Waals surface area contributed by atoms with E-state index in [1.165, 1.54) is 23.1 Å². The van der Waals surface area contributed by atoms with Gasteiger partial charge in [-0.1, -0.05) is 0 Å². The van der Waals surface area contributed by atoms with Crippen LogP contribution in [-0.4, -0.2) is 39.8 Å². The minimum Gasteiger partial charge on any atom is -0.338 e. The van der Waals surface area contributed by atoms with Gasteiger partial charge in [0.05, 0.1) is 17.2 Å². The molecule has 1 aromatic carbocycles. The van der Waals surface area contributed by atoms with Crippen molar-refractivity contribution < 1.29 is 26.7 Å². The summed E-state index contributed by atoms with van der Waals surface area (Å²) in [7, 11) is 0. The second kappa shape index (κ2) is 7.14. The Hall–Kier alpha value is -3.09. The molecule has 2 heterocycles. The summed E-state index contributed by atoms with van der Waals surface area (Å²) in [4.78, 5) is 21.3. The predicted molar refractivity (Wildman–Crippen MR) is 87.3 cm³/mol. The van der Waals surface area contributed by atoms with Crippen LogP contribution in [0.2, 0.25) is 0 Å². The van der Waals surface area contributed by atoms with Crippen LogP contribution in [0.15, 0.2) is 30.5 Å². The third kappa shape index (κ3) is 4.08. The number of benzene rings is 1. The van der Waals surface area contributed by atoms with Crippen molar-refractivity contribution in [2.24, 2.45) is 0 Å². The summed E-state index contributed by atoms with van der Waals surface area (Å²) in [5.41, 5.74) is -1.22. The molecule has 0 unspecified atom stereocenters. The van der Waals surface area contributed by atoms with E-state index in [1.807, 2.05) is 6.07 Å². The highest BCUT2D eigenvalue weighted by Gasteiger charge is 2.37. The van der Waals surface area contributed by atoms with E-state index in [9.17, 15) is 26.7 Å². The molecule has 0 spiro atoms. The second-order valence-corrected chi connectivity index (χ2v) is 6.28. The minimum absolute atomic E-state index is 0.0523. The molecule has 2 aromatic rings. The van der Waals surface area contributed by atoms with Crippen molar-refractivity contribution in [3.63, 3.8) is 0 Å². The lowest BCUT2D eigenvalue weighted by Crippen LogP contribution is -2.42. The number of aromatic nitrogens is 2. The summed E-state index contributed by atoms with van der Waals surface area (Å²) in [5, 5.41) is 9.08. The van der Waals surface area contributed by atoms with Crippen LogP contribution in [0.3, 0.4) is 0 Å². The Morgan fingerprint density at radius 1 is 1.18 bits per heavy atom. The second-order valence-electron chi connectivity index (χ2n) is 6.28. The number of likely N-dealkylation sites (tertiary alicyclic amines) is 1. The van der Waals surface area contributed by atoms with Crippen molar-refractivity contribution >= 4 is 5.91 Å². The standard InChI is InChI=1S/C18H13F5N4O/c19-17(20)4-7-27(8-5-17)16(28)12-2-1-11(10-24)9-13(12)15-25-6-3-14(26-15)18(21,22)23/h1-3,6,9H,4-5,7-8H2. The van der Waals surface area contributed by atoms with Crippen LogP contribution in [0.25, 0.3) is 11.4 Å². The molecule has 1 saturated heterocycles. The topological polar surface area (TPSA) is 69.9 Å². The van der Waals surface area contributed by atoms with E-state index in [1.54, 1.807) is 0 Å². The molecule has 1 aliphatic heterocycles. The third-order valence-corrected chi connectivity index (χ3v) is 4.35. The Labute approximate surface area is 156 Å². The molecule has 0 atom stereocenters. The maximum absolute atomic E-state index is 13.3. The maximum Gasteiger partial charge on any atom is 0.433 e. The van der Waals surface area contributed by atoms with Gasteiger partial charge in [0.2, 0.25) is 0 Å². The Kier molecular flexibility index (Phi) is 5.02. The number of carbonyl (C=O) groups is 1. The SMILES string of the molecule is N#Cc1ccc(C(=O)N2CCC(F)(F)CC2)c(-c2nccc(C(F)(F)F)n2)c1. The van der Waals surface area contributed by atoms with Crippen LogP contribution in [0.5, 0.6) is 0 Å². The largest absolute Gasteiger partial charge is 0.433 e. The van der Waals surface area contributed by atoms with E-state index in [0.717, 1.165) is 6.20 Å². The zero-order chi connectivity index (χ0) is 20.5. The number of nitriles is 1. The maximum atomic E-state index is 13.3. The fourth-order valence-electron chi connectivity index (χ4n) is 2.84. The molecule has 28 heavy (non-hydrogen) atoms. The van der Waals surface area contributed by atoms with Gasteiger partial charge in [-0.25, -0.2) is 18.7 Å². The minimum atomic E-state index is -4.72. The zero-order valence-corrected chi connectivity index (χ0v) is 14.3. The van der Waals surface area contributed by atoms with Crippen LogP contribution >= 0.6 is 0 Å². The van der Waals surface area contributed by atoms with Gasteiger partial charge in [0.15, 0.2) is 5.82 Å². The first kappa shape index (κ1) is 19.7. The molecule has 1 amide bonds. The van der Waals surface area contributed by atoms with Gasteiger partial charge in [-0.2, -0.15) is 18.4 Å². The first-order valence-corrected chi connectivity index (χ1v) is 8.22. The first-order valence-electron chi connectivity index (χ1n) is 8.22. The van der Waals surface area contributed by atoms with Gasteiger partial charge in [-0.05, 0) is 24.3 Å². The summed E-state index contributed by atoms with van der Waals surface area (Å²) < 4.78 is 65.6. The molecule has 0 bridgehead atoms. The van der Waals surface area contributed by atoms with Gasteiger partial charge in [0, 0.05) is 37.7 Å². The lowest BCUT2D eigenvalue weighted by atomic mass is 10.00. The molecular weight excluding hydrogens is 383 g/mol. The molecular formula is C18H13F5N4O. The average Bonchev–Trinajstić information content (AvgIpc) is 2.66. The number of piperidine rings is 1. The van der Waals surface area contributed by atoms with Crippen molar-refractivity contribution in [2.75, 3.05) is 13.1 Å². The summed E-state index contributed by atoms with van der Waals surface area (Å²) in [6.07, 6.45) is -4.80. The molecule has 5 nitrogen and oxygen atoms in total. The smallest absolute Gasteiger partial charge is 0.338 e. The number of amides is 1. The van der Waals surface area contributed by atoms with Gasteiger partial charge >= 0.3 is 6.18 Å². The summed E-state index contributed by atoms with van der Waals surface area (Å²) >= 11 is 0. The Bertz CT molecular complexity index is 942. The summed E-state index contributed by atoms with van der Waals surface area (Å²) in [6, 6.07) is 6.33. The Balaban J connectivity index is 2.02. The summed E-state index contributed by atoms with van der Waals surface area (Å²) in [6.45, 7) is -0.372. The molecule has 10 heteroatoms. The molecule has 0 N–H and O–H groups in total. The van der Waals surface area contributed by atoms with Crippen molar-refractivity contribution in [3.05, 3.63) is 47.3 Å². The van der Waals surface area contributed by atoms with E-state index in [2.05, 4.69) is 9.97 Å². The Morgan fingerprint density at radius 3 is 2.46 bits per heavy atom. The number of alkyl halides is 5. The van der Waals surface area contributed by atoms with Gasteiger partial charge in [-0.3, -0.25) is 4.79 Å². The van der Waals surface area contributed by atoms with Gasteiger partial charge in [0.1, 0.15) is 5.69 Å². The van der Waals surface area contributed by atoms with E-state index in [4.69, 9.17) is 5.26 Å². The molecule has 0 saturated carbocycles. The predicted octanol–water partition coefficient (Wildman–Crippen LogP) is 3.91. The first-order chi connectivity index (χ1) is 13.1. The van der Waals surface area contributed by atoms with Gasteiger partial charge < -0.3 is 4.90 Å². The van der Waals surface area contributed by atoms with Crippen LogP contribution in [0.1, 0.15) is 34.5 Å². The highest BCUT2D eigenvalue weighted by atomic mass is 19.4. The van der Waals surface area contributed by atoms with Crippen LogP contribution in [-0.2, 0) is 6.18 Å². The average molecular weight is 396 g/mol. The summed E-state index contributed by atoms with van der Waals surface area (Å²) in [5.74, 6) is -3.86. The van der Waals surface area contributed by atoms with Crippen molar-refractivity contribution in [1.29, 1.82) is 5.26 Å². The number of rotatable bonds is 2. The lowest BCUT2D eigenvalue weighted by Gasteiger charge is -2.32. The number of nitrogens with zero attached hydrogens (tertiary/aromatic N) is 4. The highest BCUT2D eigenvalue weighted by Crippen LogP contribution is 2.32. The van der Waals surface area contributed by atoms with Crippen molar-refractivity contribution in [1.82, 2.24) is 14.9 Å². The number of halogens is 5. The van der Waals surface area contributed by atoms with Gasteiger partial charge in [0.25, 0.3) is 11.8 Å². The van der Waals surface area contributed by atoms with Crippen molar-refractivity contribution in [3.8, 4) is 17.5 Å².